The Morgan fingerprint density at radius 2 is 1.83 bits per heavy atom. The summed E-state index contributed by atoms with van der Waals surface area (Å²) in [5.74, 6) is 1.90. The van der Waals surface area contributed by atoms with Gasteiger partial charge < -0.3 is 24.8 Å². The summed E-state index contributed by atoms with van der Waals surface area (Å²) in [6.07, 6.45) is 0. The molecule has 1 aliphatic heterocycles. The highest BCUT2D eigenvalue weighted by molar-refractivity contribution is 5.80. The first-order valence-corrected chi connectivity index (χ1v) is 9.14. The van der Waals surface area contributed by atoms with E-state index >= 15 is 0 Å². The molecule has 0 amide bonds. The van der Waals surface area contributed by atoms with Gasteiger partial charge in [0.1, 0.15) is 0 Å². The molecule has 1 aliphatic rings. The number of anilines is 1. The zero-order valence-corrected chi connectivity index (χ0v) is 16.9. The fraction of sp³-hybridized carbons (Fsp3) is 0.250. The van der Waals surface area contributed by atoms with Crippen LogP contribution in [-0.2, 0) is 0 Å². The smallest absolute Gasteiger partial charge is 0.313 e. The molecule has 0 bridgehead atoms. The second-order valence-electron chi connectivity index (χ2n) is 6.51. The summed E-state index contributed by atoms with van der Waals surface area (Å²) in [6, 6.07) is 10.1. The Labute approximate surface area is 172 Å². The Balaban J connectivity index is 2.09. The van der Waals surface area contributed by atoms with Gasteiger partial charge in [0.2, 0.25) is 11.7 Å². The Bertz CT molecular complexity index is 1170. The summed E-state index contributed by atoms with van der Waals surface area (Å²) < 4.78 is 18.3. The van der Waals surface area contributed by atoms with Crippen molar-refractivity contribution in [1.29, 1.82) is 0 Å². The SMILES string of the molecule is CNC1=C([N+](=O)[O-])C(c2ccc(OC)c(OC)c2OC)n2c(nc3ccccc32)N1. The van der Waals surface area contributed by atoms with Crippen molar-refractivity contribution in [3.8, 4) is 17.2 Å². The number of imidazole rings is 1. The van der Waals surface area contributed by atoms with Gasteiger partial charge in [-0.05, 0) is 24.3 Å². The highest BCUT2D eigenvalue weighted by Crippen LogP contribution is 2.47. The van der Waals surface area contributed by atoms with Crippen LogP contribution < -0.4 is 24.8 Å². The number of nitrogens with zero attached hydrogens (tertiary/aromatic N) is 3. The number of fused-ring (bicyclic) bond motifs is 3. The summed E-state index contributed by atoms with van der Waals surface area (Å²) in [6.45, 7) is 0. The van der Waals surface area contributed by atoms with Crippen molar-refractivity contribution >= 4 is 17.0 Å². The molecule has 0 saturated carbocycles. The van der Waals surface area contributed by atoms with Crippen molar-refractivity contribution in [2.24, 2.45) is 0 Å². The van der Waals surface area contributed by atoms with Crippen LogP contribution in [0.3, 0.4) is 0 Å². The molecule has 0 saturated heterocycles. The maximum Gasteiger partial charge on any atom is 0.313 e. The van der Waals surface area contributed by atoms with Gasteiger partial charge in [-0.15, -0.1) is 0 Å². The molecule has 0 aliphatic carbocycles. The molecule has 30 heavy (non-hydrogen) atoms. The average molecular weight is 411 g/mol. The predicted molar refractivity (Wildman–Crippen MR) is 111 cm³/mol. The predicted octanol–water partition coefficient (Wildman–Crippen LogP) is 2.74. The van der Waals surface area contributed by atoms with Gasteiger partial charge in [0.15, 0.2) is 23.4 Å². The maximum atomic E-state index is 12.2. The van der Waals surface area contributed by atoms with Crippen LogP contribution in [0.5, 0.6) is 17.2 Å². The molecule has 2 N–H and O–H groups in total. The van der Waals surface area contributed by atoms with Crippen molar-refractivity contribution in [3.05, 3.63) is 63.6 Å². The molecule has 0 radical (unpaired) electrons. The summed E-state index contributed by atoms with van der Waals surface area (Å²) in [7, 11) is 6.12. The molecule has 10 nitrogen and oxygen atoms in total. The molecular formula is C20H21N5O5. The minimum Gasteiger partial charge on any atom is -0.493 e. The fourth-order valence-corrected chi connectivity index (χ4v) is 3.84. The zero-order valence-electron chi connectivity index (χ0n) is 16.9. The summed E-state index contributed by atoms with van der Waals surface area (Å²) in [5, 5.41) is 18.1. The van der Waals surface area contributed by atoms with Crippen LogP contribution in [0.15, 0.2) is 47.9 Å². The third-order valence-electron chi connectivity index (χ3n) is 5.08. The molecule has 3 aromatic rings. The van der Waals surface area contributed by atoms with Crippen molar-refractivity contribution in [1.82, 2.24) is 14.9 Å². The first-order chi connectivity index (χ1) is 14.5. The van der Waals surface area contributed by atoms with Gasteiger partial charge in [-0.2, -0.15) is 0 Å². The number of hydrogen-bond acceptors (Lipinski definition) is 8. The van der Waals surface area contributed by atoms with E-state index in [1.54, 1.807) is 23.7 Å². The van der Waals surface area contributed by atoms with Crippen molar-refractivity contribution in [2.45, 2.75) is 6.04 Å². The van der Waals surface area contributed by atoms with Crippen molar-refractivity contribution in [2.75, 3.05) is 33.7 Å². The minimum atomic E-state index is -0.833. The van der Waals surface area contributed by atoms with E-state index in [-0.39, 0.29) is 11.5 Å². The van der Waals surface area contributed by atoms with Gasteiger partial charge in [0.05, 0.1) is 37.3 Å². The van der Waals surface area contributed by atoms with Crippen LogP contribution in [0.1, 0.15) is 11.6 Å². The lowest BCUT2D eigenvalue weighted by Gasteiger charge is -2.28. The van der Waals surface area contributed by atoms with E-state index in [4.69, 9.17) is 14.2 Å². The Morgan fingerprint density at radius 1 is 1.10 bits per heavy atom. The minimum absolute atomic E-state index is 0.0707. The number of hydrogen-bond donors (Lipinski definition) is 2. The molecule has 1 unspecified atom stereocenters. The van der Waals surface area contributed by atoms with E-state index in [1.807, 2.05) is 24.3 Å². The second-order valence-corrected chi connectivity index (χ2v) is 6.51. The zero-order chi connectivity index (χ0) is 21.4. The Morgan fingerprint density at radius 3 is 2.47 bits per heavy atom. The molecular weight excluding hydrogens is 390 g/mol. The standard InChI is InChI=1S/C20H21N5O5/c1-21-19-16(25(26)27)15(11-9-10-14(28-2)18(30-4)17(11)29-3)24-13-8-6-5-7-12(13)22-20(24)23-19/h5-10,15,21H,1-4H3,(H,22,23). The molecule has 0 spiro atoms. The molecule has 0 fully saturated rings. The van der Waals surface area contributed by atoms with Crippen LogP contribution in [0.4, 0.5) is 5.95 Å². The highest BCUT2D eigenvalue weighted by Gasteiger charge is 2.41. The lowest BCUT2D eigenvalue weighted by Crippen LogP contribution is -2.33. The van der Waals surface area contributed by atoms with Crippen LogP contribution in [0.25, 0.3) is 11.0 Å². The highest BCUT2D eigenvalue weighted by atomic mass is 16.6. The third kappa shape index (κ3) is 2.76. The van der Waals surface area contributed by atoms with E-state index in [9.17, 15) is 10.1 Å². The summed E-state index contributed by atoms with van der Waals surface area (Å²) >= 11 is 0. The average Bonchev–Trinajstić information content (AvgIpc) is 3.14. The molecule has 10 heteroatoms. The number of rotatable bonds is 6. The first-order valence-electron chi connectivity index (χ1n) is 9.14. The molecule has 2 aromatic carbocycles. The van der Waals surface area contributed by atoms with Crippen molar-refractivity contribution < 1.29 is 19.1 Å². The van der Waals surface area contributed by atoms with Crippen LogP contribution >= 0.6 is 0 Å². The Hall–Kier alpha value is -3.95. The number of benzene rings is 2. The van der Waals surface area contributed by atoms with Crippen molar-refractivity contribution in [3.63, 3.8) is 0 Å². The summed E-state index contributed by atoms with van der Waals surface area (Å²) in [4.78, 5) is 16.4. The molecule has 156 valence electrons. The van der Waals surface area contributed by atoms with Crippen LogP contribution in [-0.4, -0.2) is 42.9 Å². The lowest BCUT2D eigenvalue weighted by molar-refractivity contribution is -0.432. The Kier molecular flexibility index (Phi) is 4.82. The normalized spacial score (nSPS) is 15.4. The second kappa shape index (κ2) is 7.47. The van der Waals surface area contributed by atoms with Gasteiger partial charge >= 0.3 is 5.70 Å². The maximum absolute atomic E-state index is 12.2. The van der Waals surface area contributed by atoms with E-state index in [0.29, 0.717) is 34.3 Å². The monoisotopic (exact) mass is 411 g/mol. The third-order valence-corrected chi connectivity index (χ3v) is 5.08. The largest absolute Gasteiger partial charge is 0.493 e. The number of allylic oxidation sites excluding steroid dienone is 1. The molecule has 4 rings (SSSR count). The van der Waals surface area contributed by atoms with Gasteiger partial charge in [-0.1, -0.05) is 12.1 Å². The number of aromatic nitrogens is 2. The lowest BCUT2D eigenvalue weighted by atomic mass is 9.99. The number of nitro groups is 1. The number of methoxy groups -OCH3 is 3. The quantitative estimate of drug-likeness (QED) is 0.470. The number of ether oxygens (including phenoxy) is 3. The van der Waals surface area contributed by atoms with Gasteiger partial charge in [-0.25, -0.2) is 4.98 Å². The topological polar surface area (TPSA) is 113 Å². The van der Waals surface area contributed by atoms with Crippen LogP contribution in [0, 0.1) is 10.1 Å². The van der Waals surface area contributed by atoms with Crippen LogP contribution in [0.2, 0.25) is 0 Å². The van der Waals surface area contributed by atoms with Gasteiger partial charge in [0.25, 0.3) is 0 Å². The van der Waals surface area contributed by atoms with Gasteiger partial charge in [0, 0.05) is 12.6 Å². The molecule has 1 aromatic heterocycles. The fourth-order valence-electron chi connectivity index (χ4n) is 3.84. The van der Waals surface area contributed by atoms with E-state index in [1.165, 1.54) is 21.3 Å². The van der Waals surface area contributed by atoms with E-state index in [0.717, 1.165) is 5.52 Å². The number of para-hydroxylation sites is 2. The molecule has 2 heterocycles. The summed E-state index contributed by atoms with van der Waals surface area (Å²) in [5.41, 5.74) is 1.93. The first kappa shape index (κ1) is 19.4. The van der Waals surface area contributed by atoms with E-state index < -0.39 is 11.0 Å². The van der Waals surface area contributed by atoms with Gasteiger partial charge in [-0.3, -0.25) is 14.7 Å². The molecule has 1 atom stereocenters. The number of nitrogens with one attached hydrogen (secondary N) is 2. The van der Waals surface area contributed by atoms with E-state index in [2.05, 4.69) is 15.6 Å².